The lowest BCUT2D eigenvalue weighted by molar-refractivity contribution is -0.133. The number of β-amino-alcohol motifs (C(OH)–C–C–N with tert-alkyl or cyclic N) is 1. The van der Waals surface area contributed by atoms with Gasteiger partial charge in [-0.15, -0.1) is 0 Å². The molecule has 0 spiro atoms. The predicted molar refractivity (Wildman–Crippen MR) is 91.4 cm³/mol. The van der Waals surface area contributed by atoms with Gasteiger partial charge in [-0.2, -0.15) is 15.4 Å². The molecule has 1 aromatic carbocycles. The first-order valence-electron chi connectivity index (χ1n) is 8.78. The van der Waals surface area contributed by atoms with E-state index in [1.807, 2.05) is 28.0 Å². The Morgan fingerprint density at radius 1 is 1.36 bits per heavy atom. The highest BCUT2D eigenvalue weighted by molar-refractivity contribution is 5.79. The number of amides is 1. The highest BCUT2D eigenvalue weighted by Gasteiger charge is 2.41. The Kier molecular flexibility index (Phi) is 4.27. The van der Waals surface area contributed by atoms with Gasteiger partial charge in [0.2, 0.25) is 5.91 Å². The molecule has 1 atom stereocenters. The van der Waals surface area contributed by atoms with E-state index in [2.05, 4.69) is 27.5 Å². The molecule has 4 rings (SSSR count). The molecular formula is C18H23N5O2. The van der Waals surface area contributed by atoms with Crippen LogP contribution in [0.5, 0.6) is 0 Å². The largest absolute Gasteiger partial charge is 0.382 e. The van der Waals surface area contributed by atoms with Crippen LogP contribution < -0.4 is 0 Å². The first-order valence-corrected chi connectivity index (χ1v) is 8.78. The summed E-state index contributed by atoms with van der Waals surface area (Å²) in [6, 6.07) is 10.5. The van der Waals surface area contributed by atoms with Crippen molar-refractivity contribution in [2.24, 2.45) is 0 Å². The number of nitrogens with zero attached hydrogens (tertiary/aromatic N) is 4. The van der Waals surface area contributed by atoms with Crippen molar-refractivity contribution >= 4 is 5.91 Å². The zero-order valence-electron chi connectivity index (χ0n) is 14.1. The van der Waals surface area contributed by atoms with Crippen LogP contribution in [0.3, 0.4) is 0 Å². The molecule has 1 amide bonds. The van der Waals surface area contributed by atoms with E-state index in [0.717, 1.165) is 18.4 Å². The van der Waals surface area contributed by atoms with Gasteiger partial charge in [-0.1, -0.05) is 30.3 Å². The van der Waals surface area contributed by atoms with Gasteiger partial charge >= 0.3 is 0 Å². The Bertz CT molecular complexity index is 716. The van der Waals surface area contributed by atoms with Crippen molar-refractivity contribution < 1.29 is 9.90 Å². The molecule has 25 heavy (non-hydrogen) atoms. The third-order valence-corrected chi connectivity index (χ3v) is 5.08. The fraction of sp³-hybridized carbons (Fsp3) is 0.500. The Morgan fingerprint density at radius 3 is 2.84 bits per heavy atom. The monoisotopic (exact) mass is 341 g/mol. The van der Waals surface area contributed by atoms with Gasteiger partial charge in [0.15, 0.2) is 0 Å². The lowest BCUT2D eigenvalue weighted by Gasteiger charge is -2.26. The first kappa shape index (κ1) is 16.2. The van der Waals surface area contributed by atoms with Gasteiger partial charge in [-0.05, 0) is 24.8 Å². The first-order chi connectivity index (χ1) is 12.1. The zero-order chi connectivity index (χ0) is 17.3. The molecular weight excluding hydrogens is 318 g/mol. The van der Waals surface area contributed by atoms with E-state index in [4.69, 9.17) is 0 Å². The van der Waals surface area contributed by atoms with Gasteiger partial charge in [-0.25, -0.2) is 0 Å². The number of aromatic nitrogens is 3. The molecule has 2 aliphatic rings. The number of likely N-dealkylation sites (tertiary alicyclic amines) is 1. The van der Waals surface area contributed by atoms with Crippen LogP contribution in [0.1, 0.15) is 30.5 Å². The van der Waals surface area contributed by atoms with E-state index in [1.54, 1.807) is 6.20 Å². The molecule has 2 fully saturated rings. The Morgan fingerprint density at radius 2 is 2.16 bits per heavy atom. The van der Waals surface area contributed by atoms with Crippen LogP contribution >= 0.6 is 0 Å². The molecule has 132 valence electrons. The summed E-state index contributed by atoms with van der Waals surface area (Å²) in [5, 5.41) is 21.1. The number of hydrogen-bond acceptors (Lipinski definition) is 5. The SMILES string of the molecule is O=C(CN1CCC(O)(c2cn[nH]n2)C1)N(Cc1ccccc1)C1CC1. The summed E-state index contributed by atoms with van der Waals surface area (Å²) in [6.07, 6.45) is 4.29. The second kappa shape index (κ2) is 6.57. The summed E-state index contributed by atoms with van der Waals surface area (Å²) in [7, 11) is 0. The number of carbonyl (C=O) groups is 1. The summed E-state index contributed by atoms with van der Waals surface area (Å²) < 4.78 is 0. The van der Waals surface area contributed by atoms with E-state index >= 15 is 0 Å². The highest BCUT2D eigenvalue weighted by atomic mass is 16.3. The van der Waals surface area contributed by atoms with Gasteiger partial charge in [0.1, 0.15) is 11.3 Å². The highest BCUT2D eigenvalue weighted by Crippen LogP contribution is 2.31. The molecule has 7 heteroatoms. The van der Waals surface area contributed by atoms with E-state index in [-0.39, 0.29) is 5.91 Å². The van der Waals surface area contributed by atoms with Crippen molar-refractivity contribution in [1.29, 1.82) is 0 Å². The minimum absolute atomic E-state index is 0.135. The summed E-state index contributed by atoms with van der Waals surface area (Å²) in [5.41, 5.74) is 0.686. The Labute approximate surface area is 146 Å². The smallest absolute Gasteiger partial charge is 0.237 e. The standard InChI is InChI=1S/C18H23N5O2/c24-17(23(15-6-7-15)11-14-4-2-1-3-5-14)12-22-9-8-18(25,13-22)16-10-19-21-20-16/h1-5,10,15,25H,6-9,11-13H2,(H,19,20,21). The van der Waals surface area contributed by atoms with Gasteiger partial charge in [0, 0.05) is 25.7 Å². The van der Waals surface area contributed by atoms with Crippen molar-refractivity contribution in [3.63, 3.8) is 0 Å². The molecule has 1 saturated heterocycles. The number of hydrogen-bond donors (Lipinski definition) is 2. The van der Waals surface area contributed by atoms with E-state index in [0.29, 0.717) is 44.3 Å². The Balaban J connectivity index is 1.39. The lowest BCUT2D eigenvalue weighted by Crippen LogP contribution is -2.41. The second-order valence-electron chi connectivity index (χ2n) is 7.09. The molecule has 1 aromatic heterocycles. The molecule has 7 nitrogen and oxygen atoms in total. The van der Waals surface area contributed by atoms with Crippen LogP contribution in [-0.2, 0) is 16.9 Å². The molecule has 1 saturated carbocycles. The van der Waals surface area contributed by atoms with Crippen LogP contribution in [0.15, 0.2) is 36.5 Å². The van der Waals surface area contributed by atoms with E-state index < -0.39 is 5.60 Å². The number of aliphatic hydroxyl groups is 1. The van der Waals surface area contributed by atoms with Crippen molar-refractivity contribution in [2.75, 3.05) is 19.6 Å². The predicted octanol–water partition coefficient (Wildman–Crippen LogP) is 0.889. The topological polar surface area (TPSA) is 85.3 Å². The molecule has 2 N–H and O–H groups in total. The zero-order valence-corrected chi connectivity index (χ0v) is 14.1. The van der Waals surface area contributed by atoms with Crippen LogP contribution in [0.4, 0.5) is 0 Å². The fourth-order valence-electron chi connectivity index (χ4n) is 3.51. The molecule has 0 radical (unpaired) electrons. The van der Waals surface area contributed by atoms with Gasteiger partial charge < -0.3 is 10.0 Å². The molecule has 1 unspecified atom stereocenters. The van der Waals surface area contributed by atoms with Gasteiger partial charge in [0.05, 0.1) is 12.7 Å². The molecule has 2 aromatic rings. The van der Waals surface area contributed by atoms with Crippen molar-refractivity contribution in [3.05, 3.63) is 47.8 Å². The average molecular weight is 341 g/mol. The maximum absolute atomic E-state index is 12.9. The van der Waals surface area contributed by atoms with Crippen molar-refractivity contribution in [1.82, 2.24) is 25.2 Å². The summed E-state index contributed by atoms with van der Waals surface area (Å²) in [5.74, 6) is 0.135. The second-order valence-corrected chi connectivity index (χ2v) is 7.09. The quantitative estimate of drug-likeness (QED) is 0.815. The van der Waals surface area contributed by atoms with E-state index in [9.17, 15) is 9.90 Å². The minimum atomic E-state index is -1.02. The molecule has 2 heterocycles. The number of rotatable bonds is 6. The summed E-state index contributed by atoms with van der Waals surface area (Å²) in [4.78, 5) is 16.9. The number of aromatic amines is 1. The minimum Gasteiger partial charge on any atom is -0.382 e. The van der Waals surface area contributed by atoms with Crippen LogP contribution in [0, 0.1) is 0 Å². The summed E-state index contributed by atoms with van der Waals surface area (Å²) in [6.45, 7) is 2.09. The maximum atomic E-state index is 12.9. The molecule has 0 bridgehead atoms. The normalized spacial score (nSPS) is 23.7. The fourth-order valence-corrected chi connectivity index (χ4v) is 3.51. The number of benzene rings is 1. The van der Waals surface area contributed by atoms with Crippen LogP contribution in [0.25, 0.3) is 0 Å². The van der Waals surface area contributed by atoms with Crippen LogP contribution in [0.2, 0.25) is 0 Å². The third kappa shape index (κ3) is 3.57. The lowest BCUT2D eigenvalue weighted by atomic mass is 10.0. The van der Waals surface area contributed by atoms with Crippen LogP contribution in [-0.4, -0.2) is 61.9 Å². The maximum Gasteiger partial charge on any atom is 0.237 e. The average Bonchev–Trinajstić information content (AvgIpc) is 3.14. The summed E-state index contributed by atoms with van der Waals surface area (Å²) >= 11 is 0. The van der Waals surface area contributed by atoms with Crippen molar-refractivity contribution in [3.8, 4) is 0 Å². The molecule has 1 aliphatic carbocycles. The third-order valence-electron chi connectivity index (χ3n) is 5.08. The Hall–Kier alpha value is -2.25. The van der Waals surface area contributed by atoms with E-state index in [1.165, 1.54) is 0 Å². The van der Waals surface area contributed by atoms with Crippen molar-refractivity contribution in [2.45, 2.75) is 37.5 Å². The number of nitrogens with one attached hydrogen (secondary N) is 1. The van der Waals surface area contributed by atoms with Gasteiger partial charge in [0.25, 0.3) is 0 Å². The van der Waals surface area contributed by atoms with Gasteiger partial charge in [-0.3, -0.25) is 9.69 Å². The number of H-pyrrole nitrogens is 1. The number of carbonyl (C=O) groups excluding carboxylic acids is 1. The molecule has 1 aliphatic heterocycles.